The van der Waals surface area contributed by atoms with Crippen molar-refractivity contribution in [1.82, 2.24) is 5.01 Å². The van der Waals surface area contributed by atoms with Crippen LogP contribution in [0.5, 0.6) is 11.5 Å². The van der Waals surface area contributed by atoms with Crippen molar-refractivity contribution in [2.45, 2.75) is 6.04 Å². The molecule has 1 atom stereocenters. The van der Waals surface area contributed by atoms with E-state index >= 15 is 0 Å². The van der Waals surface area contributed by atoms with Crippen LogP contribution in [0.25, 0.3) is 0 Å². The van der Waals surface area contributed by atoms with Gasteiger partial charge in [0.15, 0.2) is 0 Å². The molecule has 0 radical (unpaired) electrons. The van der Waals surface area contributed by atoms with Gasteiger partial charge in [0.2, 0.25) is 0 Å². The molecule has 0 aromatic heterocycles. The molecule has 0 saturated carbocycles. The molecular weight excluding hydrogens is 296 g/mol. The minimum Gasteiger partial charge on any atom is -0.506 e. The molecular formula is C16H16N4O3. The Bertz CT molecular complexity index is 832. The Kier molecular flexibility index (Phi) is 3.33. The predicted molar refractivity (Wildman–Crippen MR) is 87.2 cm³/mol. The largest absolute Gasteiger partial charge is 0.506 e. The average molecular weight is 312 g/mol. The summed E-state index contributed by atoms with van der Waals surface area (Å²) >= 11 is 0. The van der Waals surface area contributed by atoms with Crippen molar-refractivity contribution in [3.05, 3.63) is 47.0 Å². The minimum atomic E-state index is -0.616. The van der Waals surface area contributed by atoms with Gasteiger partial charge in [-0.05, 0) is 35.9 Å². The van der Waals surface area contributed by atoms with E-state index in [0.717, 1.165) is 6.29 Å². The summed E-state index contributed by atoms with van der Waals surface area (Å²) in [6.45, 7) is 0. The van der Waals surface area contributed by atoms with Crippen LogP contribution in [-0.4, -0.2) is 34.3 Å². The molecule has 1 aliphatic rings. The highest BCUT2D eigenvalue weighted by atomic mass is 16.3. The number of nitrogens with two attached hydrogens (primary N) is 2. The van der Waals surface area contributed by atoms with Crippen LogP contribution in [0.15, 0.2) is 35.4 Å². The normalized spacial score (nSPS) is 16.7. The van der Waals surface area contributed by atoms with E-state index < -0.39 is 6.04 Å². The highest BCUT2D eigenvalue weighted by Gasteiger charge is 2.28. The van der Waals surface area contributed by atoms with Crippen LogP contribution in [0, 0.1) is 0 Å². The molecule has 23 heavy (non-hydrogen) atoms. The Labute approximate surface area is 132 Å². The third kappa shape index (κ3) is 2.32. The van der Waals surface area contributed by atoms with Crippen molar-refractivity contribution in [2.24, 2.45) is 5.10 Å². The first kappa shape index (κ1) is 14.7. The predicted octanol–water partition coefficient (Wildman–Crippen LogP) is 1.20. The monoisotopic (exact) mass is 312 g/mol. The number of aldehydes is 1. The third-order valence-corrected chi connectivity index (χ3v) is 3.86. The van der Waals surface area contributed by atoms with Crippen LogP contribution in [0.4, 0.5) is 11.4 Å². The number of hydrazone groups is 1. The molecule has 0 aliphatic carbocycles. The van der Waals surface area contributed by atoms with E-state index in [4.69, 9.17) is 11.5 Å². The van der Waals surface area contributed by atoms with Crippen molar-refractivity contribution < 1.29 is 15.0 Å². The first-order chi connectivity index (χ1) is 10.9. The second-order valence-electron chi connectivity index (χ2n) is 5.38. The molecule has 0 amide bonds. The number of nitrogens with zero attached hydrogens (tertiary/aromatic N) is 2. The Hall–Kier alpha value is -3.22. The number of phenols is 2. The van der Waals surface area contributed by atoms with Gasteiger partial charge in [0.25, 0.3) is 0 Å². The van der Waals surface area contributed by atoms with Gasteiger partial charge >= 0.3 is 0 Å². The van der Waals surface area contributed by atoms with E-state index in [9.17, 15) is 15.0 Å². The number of hydrogen-bond donors (Lipinski definition) is 4. The summed E-state index contributed by atoms with van der Waals surface area (Å²) in [4.78, 5) is 11.4. The molecule has 0 fully saturated rings. The van der Waals surface area contributed by atoms with Gasteiger partial charge in [0.05, 0.1) is 17.1 Å². The van der Waals surface area contributed by atoms with Gasteiger partial charge in [-0.1, -0.05) is 0 Å². The van der Waals surface area contributed by atoms with Crippen LogP contribution in [0.1, 0.15) is 22.7 Å². The zero-order valence-electron chi connectivity index (χ0n) is 12.4. The van der Waals surface area contributed by atoms with E-state index in [1.807, 2.05) is 0 Å². The van der Waals surface area contributed by atoms with Gasteiger partial charge in [-0.25, -0.2) is 0 Å². The number of rotatable bonds is 2. The lowest BCUT2D eigenvalue weighted by atomic mass is 9.91. The van der Waals surface area contributed by atoms with Gasteiger partial charge in [0.1, 0.15) is 23.8 Å². The summed E-state index contributed by atoms with van der Waals surface area (Å²) in [6.07, 6.45) is 0.750. The van der Waals surface area contributed by atoms with Gasteiger partial charge in [-0.2, -0.15) is 5.10 Å². The summed E-state index contributed by atoms with van der Waals surface area (Å²) < 4.78 is 0. The number of carbonyl (C=O) groups is 1. The Morgan fingerprint density at radius 1 is 1.13 bits per heavy atom. The van der Waals surface area contributed by atoms with Crippen molar-refractivity contribution in [2.75, 3.05) is 18.5 Å². The zero-order chi connectivity index (χ0) is 16.7. The Morgan fingerprint density at radius 3 is 2.48 bits per heavy atom. The standard InChI is InChI=1S/C16H16N4O3/c1-20-13(7-21)9-6-15(23)12(18)5-10(9)16(19-20)8-2-3-14(22)11(17)4-8/h2-7,13,22-23H,17-18H2,1H3. The fourth-order valence-corrected chi connectivity index (χ4v) is 2.62. The number of aromatic hydroxyl groups is 2. The van der Waals surface area contributed by atoms with Gasteiger partial charge < -0.3 is 26.5 Å². The summed E-state index contributed by atoms with van der Waals surface area (Å²) in [5.74, 6) is -0.106. The van der Waals surface area contributed by atoms with Crippen molar-refractivity contribution >= 4 is 23.4 Å². The molecule has 0 bridgehead atoms. The van der Waals surface area contributed by atoms with Crippen LogP contribution in [0.2, 0.25) is 0 Å². The molecule has 2 aromatic rings. The molecule has 7 nitrogen and oxygen atoms in total. The van der Waals surface area contributed by atoms with Crippen molar-refractivity contribution in [1.29, 1.82) is 0 Å². The second kappa shape index (κ2) is 5.20. The van der Waals surface area contributed by atoms with Crippen molar-refractivity contribution in [3.8, 4) is 11.5 Å². The number of carbonyl (C=O) groups excluding carboxylic acids is 1. The minimum absolute atomic E-state index is 0.0188. The molecule has 6 N–H and O–H groups in total. The number of phenolic OH excluding ortho intramolecular Hbond substituents is 2. The fraction of sp³-hybridized carbons (Fsp3) is 0.125. The van der Waals surface area contributed by atoms with E-state index in [1.165, 1.54) is 17.1 Å². The number of fused-ring (bicyclic) bond motifs is 1. The van der Waals surface area contributed by atoms with Crippen LogP contribution < -0.4 is 11.5 Å². The van der Waals surface area contributed by atoms with Gasteiger partial charge in [-0.15, -0.1) is 0 Å². The number of nitrogen functional groups attached to an aromatic ring is 2. The zero-order valence-corrected chi connectivity index (χ0v) is 12.4. The number of anilines is 2. The lowest BCUT2D eigenvalue weighted by Gasteiger charge is -2.30. The fourth-order valence-electron chi connectivity index (χ4n) is 2.62. The molecule has 0 saturated heterocycles. The smallest absolute Gasteiger partial charge is 0.148 e. The van der Waals surface area contributed by atoms with E-state index in [2.05, 4.69) is 5.10 Å². The number of benzene rings is 2. The first-order valence-electron chi connectivity index (χ1n) is 6.90. The van der Waals surface area contributed by atoms with Gasteiger partial charge in [-0.3, -0.25) is 5.01 Å². The summed E-state index contributed by atoms with van der Waals surface area (Å²) in [6, 6.07) is 7.18. The Balaban J connectivity index is 2.24. The summed E-state index contributed by atoms with van der Waals surface area (Å²) in [7, 11) is 1.67. The van der Waals surface area contributed by atoms with Crippen LogP contribution in [-0.2, 0) is 4.79 Å². The lowest BCUT2D eigenvalue weighted by molar-refractivity contribution is -0.112. The lowest BCUT2D eigenvalue weighted by Crippen LogP contribution is -2.29. The number of hydrogen-bond acceptors (Lipinski definition) is 7. The molecule has 2 aromatic carbocycles. The van der Waals surface area contributed by atoms with E-state index in [1.54, 1.807) is 25.2 Å². The number of likely N-dealkylation sites (N-methyl/N-ethyl adjacent to an activating group) is 1. The van der Waals surface area contributed by atoms with Crippen LogP contribution >= 0.6 is 0 Å². The second-order valence-corrected chi connectivity index (χ2v) is 5.38. The highest BCUT2D eigenvalue weighted by Crippen LogP contribution is 2.36. The SMILES string of the molecule is CN1N=C(c2ccc(O)c(N)c2)c2cc(N)c(O)cc2C1C=O. The Morgan fingerprint density at radius 2 is 1.83 bits per heavy atom. The molecule has 1 unspecified atom stereocenters. The molecule has 0 spiro atoms. The third-order valence-electron chi connectivity index (χ3n) is 3.86. The molecule has 1 heterocycles. The summed E-state index contributed by atoms with van der Waals surface area (Å²) in [5.41, 5.74) is 14.4. The topological polar surface area (TPSA) is 125 Å². The maximum Gasteiger partial charge on any atom is 0.148 e. The molecule has 1 aliphatic heterocycles. The molecule has 7 heteroatoms. The van der Waals surface area contributed by atoms with Gasteiger partial charge in [0, 0.05) is 18.2 Å². The van der Waals surface area contributed by atoms with Crippen LogP contribution in [0.3, 0.4) is 0 Å². The van der Waals surface area contributed by atoms with Crippen molar-refractivity contribution in [3.63, 3.8) is 0 Å². The summed E-state index contributed by atoms with van der Waals surface area (Å²) in [5, 5.41) is 25.4. The average Bonchev–Trinajstić information content (AvgIpc) is 2.51. The molecule has 3 rings (SSSR count). The quantitative estimate of drug-likeness (QED) is 0.375. The highest BCUT2D eigenvalue weighted by molar-refractivity contribution is 6.15. The maximum absolute atomic E-state index is 11.4. The maximum atomic E-state index is 11.4. The van der Waals surface area contributed by atoms with E-state index in [-0.39, 0.29) is 22.9 Å². The first-order valence-corrected chi connectivity index (χ1v) is 6.90. The molecule has 118 valence electrons. The van der Waals surface area contributed by atoms with E-state index in [0.29, 0.717) is 22.4 Å².